The van der Waals surface area contributed by atoms with Gasteiger partial charge in [0.2, 0.25) is 0 Å². The smallest absolute Gasteiger partial charge is 0.142 e. The number of anilines is 2. The van der Waals surface area contributed by atoms with Crippen LogP contribution < -0.4 is 10.1 Å². The fraction of sp³-hybridized carbons (Fsp3) is 0.393. The summed E-state index contributed by atoms with van der Waals surface area (Å²) in [6.07, 6.45) is 7.52. The summed E-state index contributed by atoms with van der Waals surface area (Å²) in [6, 6.07) is 11.4. The Balaban J connectivity index is 1.27. The monoisotopic (exact) mass is 553 g/mol. The Morgan fingerprint density at radius 1 is 1.08 bits per heavy atom. The van der Waals surface area contributed by atoms with Crippen molar-refractivity contribution >= 4 is 44.7 Å². The zero-order chi connectivity index (χ0) is 26.3. The lowest BCUT2D eigenvalue weighted by Gasteiger charge is -2.26. The summed E-state index contributed by atoms with van der Waals surface area (Å²) in [5, 5.41) is 23.6. The summed E-state index contributed by atoms with van der Waals surface area (Å²) in [6.45, 7) is 2.68. The van der Waals surface area contributed by atoms with Gasteiger partial charge in [0.15, 0.2) is 0 Å². The van der Waals surface area contributed by atoms with Gasteiger partial charge < -0.3 is 20.3 Å². The Morgan fingerprint density at radius 2 is 1.95 bits per heavy atom. The molecule has 5 rings (SSSR count). The molecule has 1 unspecified atom stereocenters. The Hall–Kier alpha value is -2.82. The number of hydrogen-bond donors (Lipinski definition) is 3. The number of nitrogens with zero attached hydrogens (tertiary/aromatic N) is 4. The van der Waals surface area contributed by atoms with Crippen LogP contribution in [0.5, 0.6) is 5.75 Å². The molecule has 200 valence electrons. The van der Waals surface area contributed by atoms with Crippen molar-refractivity contribution in [3.05, 3.63) is 70.1 Å². The lowest BCUT2D eigenvalue weighted by Crippen LogP contribution is -2.32. The zero-order valence-corrected chi connectivity index (χ0v) is 22.7. The molecule has 1 atom stereocenters. The molecule has 0 bridgehead atoms. The van der Waals surface area contributed by atoms with E-state index in [4.69, 9.17) is 16.3 Å². The van der Waals surface area contributed by atoms with Crippen molar-refractivity contribution in [3.63, 3.8) is 0 Å². The predicted molar refractivity (Wildman–Crippen MR) is 151 cm³/mol. The summed E-state index contributed by atoms with van der Waals surface area (Å²) < 4.78 is 5.86. The summed E-state index contributed by atoms with van der Waals surface area (Å²) in [5.41, 5.74) is 3.02. The van der Waals surface area contributed by atoms with Crippen LogP contribution in [0.15, 0.2) is 48.9 Å². The average molecular weight is 554 g/mol. The van der Waals surface area contributed by atoms with Crippen molar-refractivity contribution in [2.45, 2.75) is 32.3 Å². The van der Waals surface area contributed by atoms with Gasteiger partial charge in [0.05, 0.1) is 29.3 Å². The third kappa shape index (κ3) is 6.42. The van der Waals surface area contributed by atoms with E-state index in [1.54, 1.807) is 23.9 Å². The lowest BCUT2D eigenvalue weighted by molar-refractivity contribution is 0.153. The van der Waals surface area contributed by atoms with Crippen molar-refractivity contribution in [1.82, 2.24) is 19.9 Å². The molecule has 10 heteroatoms. The van der Waals surface area contributed by atoms with E-state index >= 15 is 0 Å². The number of halogens is 1. The van der Waals surface area contributed by atoms with E-state index in [1.807, 2.05) is 36.4 Å². The minimum absolute atomic E-state index is 0.117. The molecule has 3 aromatic heterocycles. The molecular formula is C28H32ClN5O3S. The number of rotatable bonds is 12. The number of aliphatic hydroxyl groups is 2. The quantitative estimate of drug-likeness (QED) is 0.229. The van der Waals surface area contributed by atoms with E-state index in [1.165, 1.54) is 10.4 Å². The van der Waals surface area contributed by atoms with Crippen LogP contribution in [0.4, 0.5) is 11.5 Å². The number of benzene rings is 1. The van der Waals surface area contributed by atoms with Crippen LogP contribution in [0, 0.1) is 5.92 Å². The number of pyridine rings is 1. The van der Waals surface area contributed by atoms with Crippen molar-refractivity contribution in [2.24, 2.45) is 5.92 Å². The van der Waals surface area contributed by atoms with Crippen molar-refractivity contribution < 1.29 is 14.9 Å². The van der Waals surface area contributed by atoms with E-state index < -0.39 is 0 Å². The maximum absolute atomic E-state index is 9.28. The fourth-order valence-corrected chi connectivity index (χ4v) is 6.51. The topological polar surface area (TPSA) is 104 Å². The van der Waals surface area contributed by atoms with Gasteiger partial charge in [0, 0.05) is 29.9 Å². The van der Waals surface area contributed by atoms with Crippen LogP contribution in [0.1, 0.15) is 29.0 Å². The second-order valence-electron chi connectivity index (χ2n) is 9.47. The van der Waals surface area contributed by atoms with Crippen LogP contribution in [0.25, 0.3) is 10.2 Å². The molecule has 0 radical (unpaired) electrons. The number of aliphatic hydroxyl groups excluding tert-OH is 2. The average Bonchev–Trinajstić information content (AvgIpc) is 3.31. The van der Waals surface area contributed by atoms with E-state index in [-0.39, 0.29) is 13.2 Å². The van der Waals surface area contributed by atoms with Gasteiger partial charge in [-0.25, -0.2) is 9.97 Å². The molecule has 4 aromatic rings. The number of aromatic nitrogens is 3. The van der Waals surface area contributed by atoms with E-state index in [9.17, 15) is 10.2 Å². The van der Waals surface area contributed by atoms with Crippen LogP contribution in [-0.2, 0) is 19.4 Å². The van der Waals surface area contributed by atoms with Crippen molar-refractivity contribution in [2.75, 3.05) is 38.2 Å². The molecule has 0 fully saturated rings. The molecule has 0 saturated heterocycles. The SMILES string of the molecule is OCCN(CCO)CCC1CCc2c(sc3ncnc(Nc4ccc(OCc5ccccn5)c(Cl)c4)c23)C1. The van der Waals surface area contributed by atoms with Crippen LogP contribution in [-0.4, -0.2) is 62.9 Å². The first-order chi connectivity index (χ1) is 18.6. The third-order valence-corrected chi connectivity index (χ3v) is 8.39. The number of ether oxygens (including phenoxy) is 1. The highest BCUT2D eigenvalue weighted by Crippen LogP contribution is 2.41. The van der Waals surface area contributed by atoms with Gasteiger partial charge in [0.1, 0.15) is 29.3 Å². The zero-order valence-electron chi connectivity index (χ0n) is 21.1. The number of hydrogen-bond acceptors (Lipinski definition) is 9. The van der Waals surface area contributed by atoms with Gasteiger partial charge in [0.25, 0.3) is 0 Å². The van der Waals surface area contributed by atoms with E-state index in [0.717, 1.165) is 59.6 Å². The molecule has 0 aliphatic heterocycles. The largest absolute Gasteiger partial charge is 0.486 e. The van der Waals surface area contributed by atoms with Gasteiger partial charge >= 0.3 is 0 Å². The maximum atomic E-state index is 9.28. The number of aryl methyl sites for hydroxylation is 1. The molecule has 3 N–H and O–H groups in total. The number of thiophene rings is 1. The summed E-state index contributed by atoms with van der Waals surface area (Å²) in [7, 11) is 0. The highest BCUT2D eigenvalue weighted by Gasteiger charge is 2.25. The fourth-order valence-electron chi connectivity index (χ4n) is 4.97. The normalized spacial score (nSPS) is 15.1. The molecular weight excluding hydrogens is 522 g/mol. The Bertz CT molecular complexity index is 1350. The number of nitrogens with one attached hydrogen (secondary N) is 1. The first-order valence-electron chi connectivity index (χ1n) is 12.9. The van der Waals surface area contributed by atoms with Crippen molar-refractivity contribution in [3.8, 4) is 5.75 Å². The van der Waals surface area contributed by atoms with Crippen LogP contribution in [0.2, 0.25) is 5.02 Å². The van der Waals surface area contributed by atoms with Gasteiger partial charge in [-0.15, -0.1) is 11.3 Å². The second-order valence-corrected chi connectivity index (χ2v) is 11.0. The standard InChI is InChI=1S/C28H32ClN5O3S/c29-23-16-20(5-7-24(23)37-17-21-3-1-2-9-30-21)33-27-26-22-6-4-19(8-10-34(11-13-35)12-14-36)15-25(22)38-28(26)32-18-31-27/h1-3,5,7,9,16,18-19,35-36H,4,6,8,10-15,17H2,(H,31,32,33). The molecule has 1 aliphatic rings. The molecule has 0 amide bonds. The third-order valence-electron chi connectivity index (χ3n) is 6.93. The second kappa shape index (κ2) is 12.8. The summed E-state index contributed by atoms with van der Waals surface area (Å²) in [5.74, 6) is 1.98. The molecule has 8 nitrogen and oxygen atoms in total. The Kier molecular flexibility index (Phi) is 9.03. The molecule has 0 spiro atoms. The first kappa shape index (κ1) is 26.8. The molecule has 0 saturated carbocycles. The van der Waals surface area contributed by atoms with Crippen LogP contribution in [0.3, 0.4) is 0 Å². The lowest BCUT2D eigenvalue weighted by atomic mass is 9.85. The minimum Gasteiger partial charge on any atom is -0.486 e. The highest BCUT2D eigenvalue weighted by molar-refractivity contribution is 7.19. The molecule has 1 aliphatic carbocycles. The van der Waals surface area contributed by atoms with Gasteiger partial charge in [-0.3, -0.25) is 9.88 Å². The maximum Gasteiger partial charge on any atom is 0.142 e. The van der Waals surface area contributed by atoms with Crippen LogP contribution >= 0.6 is 22.9 Å². The van der Waals surface area contributed by atoms with Gasteiger partial charge in [-0.05, 0) is 74.0 Å². The molecule has 38 heavy (non-hydrogen) atoms. The van der Waals surface area contributed by atoms with Gasteiger partial charge in [-0.2, -0.15) is 0 Å². The predicted octanol–water partition coefficient (Wildman–Crippen LogP) is 4.84. The Morgan fingerprint density at radius 3 is 2.71 bits per heavy atom. The van der Waals surface area contributed by atoms with E-state index in [2.05, 4.69) is 25.2 Å². The highest BCUT2D eigenvalue weighted by atomic mass is 35.5. The summed E-state index contributed by atoms with van der Waals surface area (Å²) in [4.78, 5) is 17.9. The number of fused-ring (bicyclic) bond motifs is 3. The molecule has 3 heterocycles. The van der Waals surface area contributed by atoms with Crippen molar-refractivity contribution in [1.29, 1.82) is 0 Å². The van der Waals surface area contributed by atoms with Gasteiger partial charge in [-0.1, -0.05) is 17.7 Å². The Labute approximate surface area is 231 Å². The minimum atomic E-state index is 0.117. The van der Waals surface area contributed by atoms with E-state index in [0.29, 0.717) is 36.4 Å². The summed E-state index contributed by atoms with van der Waals surface area (Å²) >= 11 is 8.29. The first-order valence-corrected chi connectivity index (χ1v) is 14.1. The molecule has 1 aromatic carbocycles.